The van der Waals surface area contributed by atoms with Crippen molar-refractivity contribution in [3.8, 4) is 11.4 Å². The topological polar surface area (TPSA) is 25.8 Å². The number of halogens is 1. The molecule has 2 aliphatic rings. The van der Waals surface area contributed by atoms with E-state index in [0.717, 1.165) is 47.8 Å². The van der Waals surface area contributed by atoms with Crippen LogP contribution in [0.3, 0.4) is 0 Å². The minimum atomic E-state index is 0.642. The first-order valence-corrected chi connectivity index (χ1v) is 7.35. The third-order valence-corrected chi connectivity index (χ3v) is 4.41. The van der Waals surface area contributed by atoms with E-state index in [4.69, 9.17) is 11.6 Å². The molecule has 0 radical (unpaired) electrons. The molecule has 1 aromatic carbocycles. The van der Waals surface area contributed by atoms with Crippen LogP contribution in [0.2, 0.25) is 5.15 Å². The molecule has 0 spiro atoms. The maximum Gasteiger partial charge on any atom is 0.161 e. The van der Waals surface area contributed by atoms with Crippen molar-refractivity contribution >= 4 is 11.6 Å². The van der Waals surface area contributed by atoms with Crippen LogP contribution >= 0.6 is 11.6 Å². The quantitative estimate of drug-likeness (QED) is 0.766. The maximum absolute atomic E-state index is 6.27. The second-order valence-corrected chi connectivity index (χ2v) is 5.87. The molecule has 1 fully saturated rings. The van der Waals surface area contributed by atoms with E-state index in [0.29, 0.717) is 5.15 Å². The van der Waals surface area contributed by atoms with Crippen LogP contribution in [0.4, 0.5) is 0 Å². The van der Waals surface area contributed by atoms with Gasteiger partial charge in [0, 0.05) is 16.8 Å². The van der Waals surface area contributed by atoms with Gasteiger partial charge in [-0.1, -0.05) is 35.9 Å². The Morgan fingerprint density at radius 2 is 1.79 bits per heavy atom. The van der Waals surface area contributed by atoms with Crippen molar-refractivity contribution in [2.24, 2.45) is 0 Å². The molecule has 0 bridgehead atoms. The Balaban J connectivity index is 1.73. The predicted molar refractivity (Wildman–Crippen MR) is 76.5 cm³/mol. The average molecular weight is 271 g/mol. The fourth-order valence-corrected chi connectivity index (χ4v) is 3.12. The van der Waals surface area contributed by atoms with Crippen LogP contribution in [0.15, 0.2) is 24.3 Å². The first-order valence-electron chi connectivity index (χ1n) is 6.97. The summed E-state index contributed by atoms with van der Waals surface area (Å²) < 4.78 is 0. The van der Waals surface area contributed by atoms with Gasteiger partial charge in [-0.3, -0.25) is 0 Å². The van der Waals surface area contributed by atoms with Gasteiger partial charge in [0.15, 0.2) is 5.82 Å². The Labute approximate surface area is 117 Å². The predicted octanol–water partition coefficient (Wildman–Crippen LogP) is 4.16. The monoisotopic (exact) mass is 270 g/mol. The molecule has 0 atom stereocenters. The van der Waals surface area contributed by atoms with Crippen molar-refractivity contribution in [3.05, 3.63) is 46.2 Å². The van der Waals surface area contributed by atoms with E-state index < -0.39 is 0 Å². The highest BCUT2D eigenvalue weighted by Crippen LogP contribution is 2.40. The summed E-state index contributed by atoms with van der Waals surface area (Å²) >= 11 is 6.27. The summed E-state index contributed by atoms with van der Waals surface area (Å²) in [4.78, 5) is 9.14. The van der Waals surface area contributed by atoms with Crippen LogP contribution in [0.25, 0.3) is 11.4 Å². The van der Waals surface area contributed by atoms with E-state index in [2.05, 4.69) is 34.2 Å². The lowest BCUT2D eigenvalue weighted by molar-refractivity contribution is 0.900. The molecule has 1 saturated carbocycles. The van der Waals surface area contributed by atoms with Gasteiger partial charge >= 0.3 is 0 Å². The Morgan fingerprint density at radius 3 is 2.53 bits per heavy atom. The van der Waals surface area contributed by atoms with Gasteiger partial charge in [-0.25, -0.2) is 9.97 Å². The summed E-state index contributed by atoms with van der Waals surface area (Å²) in [6.07, 6.45) is 5.87. The number of hydrogen-bond acceptors (Lipinski definition) is 2. The third kappa shape index (κ3) is 2.04. The minimum absolute atomic E-state index is 0.642. The van der Waals surface area contributed by atoms with Gasteiger partial charge in [-0.15, -0.1) is 0 Å². The maximum atomic E-state index is 6.27. The average Bonchev–Trinajstić information content (AvgIpc) is 3.17. The van der Waals surface area contributed by atoms with Crippen molar-refractivity contribution in [1.82, 2.24) is 9.97 Å². The number of aromatic nitrogens is 2. The van der Waals surface area contributed by atoms with Crippen molar-refractivity contribution in [2.45, 2.75) is 38.0 Å². The van der Waals surface area contributed by atoms with Crippen LogP contribution in [0.1, 0.15) is 42.0 Å². The van der Waals surface area contributed by atoms with E-state index >= 15 is 0 Å². The zero-order chi connectivity index (χ0) is 12.8. The molecule has 3 heteroatoms. The Morgan fingerprint density at radius 1 is 1.00 bits per heavy atom. The summed E-state index contributed by atoms with van der Waals surface area (Å²) in [6.45, 7) is 0. The third-order valence-electron chi connectivity index (χ3n) is 4.10. The first-order chi connectivity index (χ1) is 9.31. The van der Waals surface area contributed by atoms with Gasteiger partial charge in [0.25, 0.3) is 0 Å². The van der Waals surface area contributed by atoms with Crippen molar-refractivity contribution in [3.63, 3.8) is 0 Å². The Hall–Kier alpha value is -1.41. The van der Waals surface area contributed by atoms with Gasteiger partial charge in [-0.05, 0) is 43.6 Å². The molecule has 2 aromatic rings. The molecule has 0 unspecified atom stereocenters. The Bertz CT molecular complexity index is 630. The molecule has 0 N–H and O–H groups in total. The standard InChI is InChI=1S/C16H15ClN2/c17-15-13-2-1-3-14(13)18-16(19-15)12-8-6-11(7-9-12)10-4-5-10/h6-10H,1-5H2. The van der Waals surface area contributed by atoms with Gasteiger partial charge in [0.1, 0.15) is 5.15 Å². The van der Waals surface area contributed by atoms with E-state index in [1.54, 1.807) is 0 Å². The van der Waals surface area contributed by atoms with Crippen LogP contribution in [-0.4, -0.2) is 9.97 Å². The molecular formula is C16H15ClN2. The number of nitrogens with zero attached hydrogens (tertiary/aromatic N) is 2. The molecule has 2 aliphatic carbocycles. The normalized spacial score (nSPS) is 17.5. The van der Waals surface area contributed by atoms with E-state index in [1.807, 2.05) is 0 Å². The van der Waals surface area contributed by atoms with Crippen LogP contribution in [-0.2, 0) is 12.8 Å². The highest BCUT2D eigenvalue weighted by atomic mass is 35.5. The SMILES string of the molecule is Clc1nc(-c2ccc(C3CC3)cc2)nc2c1CCC2. The molecule has 1 heterocycles. The highest BCUT2D eigenvalue weighted by Gasteiger charge is 2.23. The zero-order valence-electron chi connectivity index (χ0n) is 10.7. The Kier molecular flexibility index (Phi) is 2.59. The van der Waals surface area contributed by atoms with Crippen LogP contribution < -0.4 is 0 Å². The fourth-order valence-electron chi connectivity index (χ4n) is 2.84. The van der Waals surface area contributed by atoms with Gasteiger partial charge in [-0.2, -0.15) is 0 Å². The van der Waals surface area contributed by atoms with Crippen molar-refractivity contribution < 1.29 is 0 Å². The number of rotatable bonds is 2. The highest BCUT2D eigenvalue weighted by molar-refractivity contribution is 6.30. The molecule has 0 saturated heterocycles. The molecule has 0 aliphatic heterocycles. The van der Waals surface area contributed by atoms with E-state index in [-0.39, 0.29) is 0 Å². The number of benzene rings is 1. The van der Waals surface area contributed by atoms with Gasteiger partial charge in [0.05, 0.1) is 0 Å². The van der Waals surface area contributed by atoms with E-state index in [1.165, 1.54) is 18.4 Å². The zero-order valence-corrected chi connectivity index (χ0v) is 11.5. The van der Waals surface area contributed by atoms with Crippen molar-refractivity contribution in [2.75, 3.05) is 0 Å². The van der Waals surface area contributed by atoms with Crippen LogP contribution in [0.5, 0.6) is 0 Å². The van der Waals surface area contributed by atoms with Gasteiger partial charge in [0.2, 0.25) is 0 Å². The molecule has 2 nitrogen and oxygen atoms in total. The number of hydrogen-bond donors (Lipinski definition) is 0. The summed E-state index contributed by atoms with van der Waals surface area (Å²) in [7, 11) is 0. The number of fused-ring (bicyclic) bond motifs is 1. The van der Waals surface area contributed by atoms with Crippen molar-refractivity contribution in [1.29, 1.82) is 0 Å². The molecular weight excluding hydrogens is 256 g/mol. The molecule has 0 amide bonds. The smallest absolute Gasteiger partial charge is 0.161 e. The molecule has 19 heavy (non-hydrogen) atoms. The fraction of sp³-hybridized carbons (Fsp3) is 0.375. The minimum Gasteiger partial charge on any atom is -0.233 e. The van der Waals surface area contributed by atoms with Gasteiger partial charge < -0.3 is 0 Å². The molecule has 1 aromatic heterocycles. The lowest BCUT2D eigenvalue weighted by Crippen LogP contribution is -1.97. The lowest BCUT2D eigenvalue weighted by Gasteiger charge is -2.06. The largest absolute Gasteiger partial charge is 0.233 e. The lowest BCUT2D eigenvalue weighted by atomic mass is 10.1. The second-order valence-electron chi connectivity index (χ2n) is 5.51. The summed E-state index contributed by atoms with van der Waals surface area (Å²) in [5.74, 6) is 1.56. The first kappa shape index (κ1) is 11.4. The van der Waals surface area contributed by atoms with Crippen LogP contribution in [0, 0.1) is 0 Å². The second kappa shape index (κ2) is 4.31. The van der Waals surface area contributed by atoms with E-state index in [9.17, 15) is 0 Å². The summed E-state index contributed by atoms with van der Waals surface area (Å²) in [5.41, 5.74) is 4.80. The molecule has 96 valence electrons. The number of aryl methyl sites for hydroxylation is 1. The molecule has 4 rings (SSSR count). The summed E-state index contributed by atoms with van der Waals surface area (Å²) in [5, 5.41) is 0.642. The summed E-state index contributed by atoms with van der Waals surface area (Å²) in [6, 6.07) is 8.66.